The first-order valence-electron chi connectivity index (χ1n) is 7.66. The van der Waals surface area contributed by atoms with Crippen LogP contribution in [-0.4, -0.2) is 17.3 Å². The number of fused-ring (bicyclic) bond motifs is 1. The Morgan fingerprint density at radius 1 is 1.09 bits per heavy atom. The average Bonchev–Trinajstić information content (AvgIpc) is 2.59. The van der Waals surface area contributed by atoms with Gasteiger partial charge in [-0.3, -0.25) is 14.9 Å². The summed E-state index contributed by atoms with van der Waals surface area (Å²) in [5.74, 6) is -0.0552. The average molecular weight is 311 g/mol. The number of aryl methyl sites for hydroxylation is 2. The van der Waals surface area contributed by atoms with Crippen molar-refractivity contribution in [3.63, 3.8) is 0 Å². The monoisotopic (exact) mass is 311 g/mol. The van der Waals surface area contributed by atoms with Crippen LogP contribution in [0.5, 0.6) is 5.75 Å². The number of hydrogen-bond donors (Lipinski definition) is 0. The summed E-state index contributed by atoms with van der Waals surface area (Å²) in [7, 11) is 0. The highest BCUT2D eigenvalue weighted by Crippen LogP contribution is 2.26. The Morgan fingerprint density at radius 2 is 1.83 bits per heavy atom. The summed E-state index contributed by atoms with van der Waals surface area (Å²) in [6.07, 6.45) is 4.41. The number of carbonyl (C=O) groups is 1. The molecule has 0 saturated heterocycles. The molecule has 1 aliphatic rings. The fourth-order valence-corrected chi connectivity index (χ4v) is 2.86. The zero-order chi connectivity index (χ0) is 16.2. The van der Waals surface area contributed by atoms with Gasteiger partial charge in [-0.15, -0.1) is 0 Å². The summed E-state index contributed by atoms with van der Waals surface area (Å²) in [4.78, 5) is 22.7. The zero-order valence-corrected chi connectivity index (χ0v) is 12.7. The van der Waals surface area contributed by atoms with E-state index in [-0.39, 0.29) is 23.8 Å². The Bertz CT molecular complexity index is 754. The molecule has 0 aliphatic heterocycles. The van der Waals surface area contributed by atoms with E-state index < -0.39 is 4.92 Å². The molecular formula is C18H17NO4. The normalized spacial score (nSPS) is 13.2. The molecule has 1 aliphatic carbocycles. The summed E-state index contributed by atoms with van der Waals surface area (Å²) in [5, 5.41) is 10.9. The van der Waals surface area contributed by atoms with Crippen LogP contribution in [0.15, 0.2) is 42.5 Å². The van der Waals surface area contributed by atoms with E-state index in [0.717, 1.165) is 19.3 Å². The topological polar surface area (TPSA) is 69.4 Å². The lowest BCUT2D eigenvalue weighted by atomic mass is 9.90. The molecule has 0 radical (unpaired) electrons. The van der Waals surface area contributed by atoms with Gasteiger partial charge >= 0.3 is 5.69 Å². The van der Waals surface area contributed by atoms with Crippen molar-refractivity contribution < 1.29 is 14.5 Å². The Kier molecular flexibility index (Phi) is 4.37. The highest BCUT2D eigenvalue weighted by atomic mass is 16.6. The van der Waals surface area contributed by atoms with E-state index in [1.807, 2.05) is 18.2 Å². The van der Waals surface area contributed by atoms with Crippen molar-refractivity contribution in [3.05, 3.63) is 69.3 Å². The van der Waals surface area contributed by atoms with E-state index >= 15 is 0 Å². The van der Waals surface area contributed by atoms with Crippen molar-refractivity contribution >= 4 is 11.5 Å². The van der Waals surface area contributed by atoms with Crippen LogP contribution < -0.4 is 4.74 Å². The number of nitro benzene ring substituents is 1. The minimum Gasteiger partial charge on any atom is -0.478 e. The third-order valence-corrected chi connectivity index (χ3v) is 4.09. The van der Waals surface area contributed by atoms with E-state index in [1.165, 1.54) is 29.7 Å². The Labute approximate surface area is 134 Å². The molecule has 0 fully saturated rings. The largest absolute Gasteiger partial charge is 0.478 e. The highest BCUT2D eigenvalue weighted by Gasteiger charge is 2.17. The highest BCUT2D eigenvalue weighted by molar-refractivity contribution is 5.97. The number of hydrogen-bond acceptors (Lipinski definition) is 4. The molecule has 0 N–H and O–H groups in total. The maximum Gasteiger partial charge on any atom is 0.310 e. The first kappa shape index (κ1) is 15.2. The van der Waals surface area contributed by atoms with Gasteiger partial charge in [-0.05, 0) is 48.9 Å². The molecule has 3 rings (SSSR count). The molecule has 0 spiro atoms. The molecule has 23 heavy (non-hydrogen) atoms. The van der Waals surface area contributed by atoms with Gasteiger partial charge in [0.1, 0.15) is 0 Å². The van der Waals surface area contributed by atoms with Crippen LogP contribution in [0.3, 0.4) is 0 Å². The van der Waals surface area contributed by atoms with Crippen molar-refractivity contribution in [2.45, 2.75) is 25.7 Å². The van der Waals surface area contributed by atoms with Gasteiger partial charge < -0.3 is 4.74 Å². The van der Waals surface area contributed by atoms with E-state index in [4.69, 9.17) is 4.74 Å². The van der Waals surface area contributed by atoms with Crippen molar-refractivity contribution in [3.8, 4) is 5.75 Å². The van der Waals surface area contributed by atoms with E-state index in [1.54, 1.807) is 12.1 Å². The van der Waals surface area contributed by atoms with Crippen LogP contribution in [0.1, 0.15) is 34.3 Å². The molecule has 0 amide bonds. The van der Waals surface area contributed by atoms with Gasteiger partial charge in [-0.1, -0.05) is 24.3 Å². The van der Waals surface area contributed by atoms with Crippen molar-refractivity contribution in [1.29, 1.82) is 0 Å². The standard InChI is InChI=1S/C18H17NO4/c20-17(12-23-18-8-4-3-7-16(18)19(21)22)15-10-9-13-5-1-2-6-14(13)11-15/h3-4,7-11H,1-2,5-6,12H2. The second kappa shape index (κ2) is 6.60. The second-order valence-corrected chi connectivity index (χ2v) is 5.63. The lowest BCUT2D eigenvalue weighted by Crippen LogP contribution is -2.13. The number of ketones is 1. The minimum atomic E-state index is -0.515. The summed E-state index contributed by atoms with van der Waals surface area (Å²) in [6, 6.07) is 11.8. The molecule has 118 valence electrons. The van der Waals surface area contributed by atoms with Crippen LogP contribution >= 0.6 is 0 Å². The predicted molar refractivity (Wildman–Crippen MR) is 86.0 cm³/mol. The lowest BCUT2D eigenvalue weighted by molar-refractivity contribution is -0.385. The first-order valence-corrected chi connectivity index (χ1v) is 7.66. The fourth-order valence-electron chi connectivity index (χ4n) is 2.86. The summed E-state index contributed by atoms with van der Waals surface area (Å²) >= 11 is 0. The van der Waals surface area contributed by atoms with Crippen LogP contribution in [0.25, 0.3) is 0 Å². The van der Waals surface area contributed by atoms with Crippen LogP contribution in [0.2, 0.25) is 0 Å². The van der Waals surface area contributed by atoms with Crippen molar-refractivity contribution in [1.82, 2.24) is 0 Å². The van der Waals surface area contributed by atoms with E-state index in [0.29, 0.717) is 5.56 Å². The van der Waals surface area contributed by atoms with Gasteiger partial charge in [0.15, 0.2) is 18.1 Å². The van der Waals surface area contributed by atoms with Gasteiger partial charge in [0.05, 0.1) is 4.92 Å². The molecule has 0 aromatic heterocycles. The minimum absolute atomic E-state index is 0.115. The number of rotatable bonds is 5. The molecule has 2 aromatic carbocycles. The number of nitro groups is 1. The van der Waals surface area contributed by atoms with Crippen LogP contribution in [-0.2, 0) is 12.8 Å². The maximum absolute atomic E-state index is 12.3. The number of carbonyl (C=O) groups excluding carboxylic acids is 1. The molecule has 2 aromatic rings. The summed E-state index contributed by atoms with van der Waals surface area (Å²) in [5.41, 5.74) is 3.01. The number of nitrogens with zero attached hydrogens (tertiary/aromatic N) is 1. The maximum atomic E-state index is 12.3. The van der Waals surface area contributed by atoms with Crippen molar-refractivity contribution in [2.75, 3.05) is 6.61 Å². The summed E-state index contributed by atoms with van der Waals surface area (Å²) < 4.78 is 5.37. The molecule has 0 atom stereocenters. The van der Waals surface area contributed by atoms with Gasteiger partial charge in [0, 0.05) is 11.6 Å². The molecule has 0 bridgehead atoms. The molecule has 5 heteroatoms. The molecule has 5 nitrogen and oxygen atoms in total. The Hall–Kier alpha value is -2.69. The van der Waals surface area contributed by atoms with Crippen LogP contribution in [0.4, 0.5) is 5.69 Å². The molecule has 0 unspecified atom stereocenters. The lowest BCUT2D eigenvalue weighted by Gasteiger charge is -2.16. The molecule has 0 heterocycles. The van der Waals surface area contributed by atoms with Gasteiger partial charge in [0.2, 0.25) is 0 Å². The Morgan fingerprint density at radius 3 is 2.61 bits per heavy atom. The predicted octanol–water partition coefficient (Wildman–Crippen LogP) is 3.74. The third kappa shape index (κ3) is 3.39. The van der Waals surface area contributed by atoms with Crippen molar-refractivity contribution in [2.24, 2.45) is 0 Å². The number of Topliss-reactive ketones (excluding diaryl/α,β-unsaturated/α-hetero) is 1. The van der Waals surface area contributed by atoms with Gasteiger partial charge in [-0.25, -0.2) is 0 Å². The fraction of sp³-hybridized carbons (Fsp3) is 0.278. The Balaban J connectivity index is 1.72. The number of ether oxygens (including phenoxy) is 1. The van der Waals surface area contributed by atoms with Crippen LogP contribution in [0, 0.1) is 10.1 Å². The second-order valence-electron chi connectivity index (χ2n) is 5.63. The first-order chi connectivity index (χ1) is 11.1. The molecule has 0 saturated carbocycles. The van der Waals surface area contributed by atoms with E-state index in [9.17, 15) is 14.9 Å². The third-order valence-electron chi connectivity index (χ3n) is 4.09. The smallest absolute Gasteiger partial charge is 0.310 e. The summed E-state index contributed by atoms with van der Waals surface area (Å²) in [6.45, 7) is -0.205. The van der Waals surface area contributed by atoms with Gasteiger partial charge in [-0.2, -0.15) is 0 Å². The van der Waals surface area contributed by atoms with E-state index in [2.05, 4.69) is 0 Å². The quantitative estimate of drug-likeness (QED) is 0.479. The SMILES string of the molecule is O=C(COc1ccccc1[N+](=O)[O-])c1ccc2c(c1)CCCC2. The number of benzene rings is 2. The zero-order valence-electron chi connectivity index (χ0n) is 12.7. The van der Waals surface area contributed by atoms with Gasteiger partial charge in [0.25, 0.3) is 0 Å². The molecular weight excluding hydrogens is 294 g/mol. The number of para-hydroxylation sites is 2.